The Labute approximate surface area is 136 Å². The molecule has 0 atom stereocenters. The van der Waals surface area contributed by atoms with Crippen molar-refractivity contribution in [3.63, 3.8) is 0 Å². The van der Waals surface area contributed by atoms with E-state index in [1.807, 2.05) is 54.6 Å². The van der Waals surface area contributed by atoms with Gasteiger partial charge in [0.1, 0.15) is 6.61 Å². The number of carbonyl (C=O) groups excluding carboxylic acids is 1. The summed E-state index contributed by atoms with van der Waals surface area (Å²) < 4.78 is 5.10. The molecule has 0 radical (unpaired) electrons. The maximum Gasteiger partial charge on any atom is 0.407 e. The fraction of sp³-hybridized carbons (Fsp3) is 0.167. The van der Waals surface area contributed by atoms with Crippen molar-refractivity contribution in [1.29, 1.82) is 0 Å². The molecule has 22 heavy (non-hydrogen) atoms. The number of carbonyl (C=O) groups is 1. The molecule has 0 aliphatic carbocycles. The first kappa shape index (κ1) is 16.0. The van der Waals surface area contributed by atoms with E-state index in [1.54, 1.807) is 0 Å². The Morgan fingerprint density at radius 3 is 2.55 bits per heavy atom. The molecule has 0 aliphatic heterocycles. The van der Waals surface area contributed by atoms with Gasteiger partial charge in [-0.2, -0.15) is 0 Å². The standard InChI is InChI=1S/C18H17NO2S/c20-18(21-14-16-7-2-1-3-8-16)19-13-5-4-6-15-9-11-17(22)12-10-15/h1-3,7-12,22H,5,13-14H2,(H,19,20). The van der Waals surface area contributed by atoms with E-state index in [-0.39, 0.29) is 6.61 Å². The van der Waals surface area contributed by atoms with E-state index in [4.69, 9.17) is 4.74 Å². The zero-order valence-corrected chi connectivity index (χ0v) is 13.0. The topological polar surface area (TPSA) is 38.3 Å². The summed E-state index contributed by atoms with van der Waals surface area (Å²) in [5.41, 5.74) is 1.90. The maximum atomic E-state index is 11.5. The highest BCUT2D eigenvalue weighted by atomic mass is 32.1. The summed E-state index contributed by atoms with van der Waals surface area (Å²) in [6, 6.07) is 17.2. The van der Waals surface area contributed by atoms with Crippen LogP contribution in [0.5, 0.6) is 0 Å². The first-order valence-corrected chi connectivity index (χ1v) is 7.41. The zero-order chi connectivity index (χ0) is 15.6. The molecule has 1 amide bonds. The van der Waals surface area contributed by atoms with Crippen LogP contribution in [0.4, 0.5) is 4.79 Å². The van der Waals surface area contributed by atoms with Gasteiger partial charge in [0.05, 0.1) is 0 Å². The third-order valence-electron chi connectivity index (χ3n) is 2.83. The molecule has 2 aromatic carbocycles. The van der Waals surface area contributed by atoms with Crippen LogP contribution in [0.2, 0.25) is 0 Å². The van der Waals surface area contributed by atoms with Crippen LogP contribution in [0.3, 0.4) is 0 Å². The number of hydrogen-bond acceptors (Lipinski definition) is 3. The molecule has 3 nitrogen and oxygen atoms in total. The first-order chi connectivity index (χ1) is 10.7. The van der Waals surface area contributed by atoms with Gasteiger partial charge in [0.15, 0.2) is 0 Å². The third kappa shape index (κ3) is 5.94. The summed E-state index contributed by atoms with van der Waals surface area (Å²) in [5, 5.41) is 2.67. The van der Waals surface area contributed by atoms with Gasteiger partial charge >= 0.3 is 6.09 Å². The van der Waals surface area contributed by atoms with Crippen LogP contribution in [0.15, 0.2) is 59.5 Å². The Bertz CT molecular complexity index is 657. The van der Waals surface area contributed by atoms with Crippen LogP contribution in [0, 0.1) is 11.8 Å². The maximum absolute atomic E-state index is 11.5. The molecular formula is C18H17NO2S. The zero-order valence-electron chi connectivity index (χ0n) is 12.1. The summed E-state index contributed by atoms with van der Waals surface area (Å²) in [6.45, 7) is 0.736. The minimum absolute atomic E-state index is 0.272. The van der Waals surface area contributed by atoms with Gasteiger partial charge in [-0.1, -0.05) is 42.2 Å². The second-order valence-electron chi connectivity index (χ2n) is 4.59. The van der Waals surface area contributed by atoms with E-state index in [9.17, 15) is 4.79 Å². The molecule has 0 unspecified atom stereocenters. The Hall–Kier alpha value is -2.38. The highest BCUT2D eigenvalue weighted by molar-refractivity contribution is 7.80. The summed E-state index contributed by atoms with van der Waals surface area (Å²) in [6.07, 6.45) is 0.147. The molecule has 0 fully saturated rings. The average Bonchev–Trinajstić information content (AvgIpc) is 2.55. The predicted molar refractivity (Wildman–Crippen MR) is 89.8 cm³/mol. The smallest absolute Gasteiger partial charge is 0.407 e. The van der Waals surface area contributed by atoms with E-state index in [2.05, 4.69) is 29.8 Å². The fourth-order valence-corrected chi connectivity index (χ4v) is 1.86. The molecule has 0 saturated carbocycles. The number of ether oxygens (including phenoxy) is 1. The molecule has 0 bridgehead atoms. The van der Waals surface area contributed by atoms with Crippen molar-refractivity contribution in [2.75, 3.05) is 6.54 Å². The molecule has 0 saturated heterocycles. The number of nitrogens with one attached hydrogen (secondary N) is 1. The van der Waals surface area contributed by atoms with Gasteiger partial charge in [-0.25, -0.2) is 4.79 Å². The molecule has 0 spiro atoms. The summed E-state index contributed by atoms with van der Waals surface area (Å²) in [4.78, 5) is 12.4. The predicted octanol–water partition coefficient (Wildman–Crippen LogP) is 3.64. The van der Waals surface area contributed by atoms with Crippen molar-refractivity contribution < 1.29 is 9.53 Å². The van der Waals surface area contributed by atoms with E-state index in [0.29, 0.717) is 13.0 Å². The highest BCUT2D eigenvalue weighted by Gasteiger charge is 2.00. The van der Waals surface area contributed by atoms with Gasteiger partial charge in [-0.05, 0) is 29.8 Å². The van der Waals surface area contributed by atoms with Crippen LogP contribution < -0.4 is 5.32 Å². The van der Waals surface area contributed by atoms with E-state index >= 15 is 0 Å². The first-order valence-electron chi connectivity index (χ1n) is 6.96. The Morgan fingerprint density at radius 1 is 1.09 bits per heavy atom. The number of amides is 1. The van der Waals surface area contributed by atoms with Crippen LogP contribution in [-0.2, 0) is 11.3 Å². The van der Waals surface area contributed by atoms with Crippen molar-refractivity contribution in [1.82, 2.24) is 5.32 Å². The Morgan fingerprint density at radius 2 is 1.82 bits per heavy atom. The van der Waals surface area contributed by atoms with Crippen molar-refractivity contribution in [3.05, 3.63) is 65.7 Å². The van der Waals surface area contributed by atoms with Crippen LogP contribution >= 0.6 is 12.6 Å². The van der Waals surface area contributed by atoms with Crippen molar-refractivity contribution in [2.45, 2.75) is 17.9 Å². The lowest BCUT2D eigenvalue weighted by Gasteiger charge is -2.05. The van der Waals surface area contributed by atoms with Gasteiger partial charge in [-0.3, -0.25) is 0 Å². The van der Waals surface area contributed by atoms with Crippen molar-refractivity contribution >= 4 is 18.7 Å². The SMILES string of the molecule is O=C(NCCC#Cc1ccc(S)cc1)OCc1ccccc1. The monoisotopic (exact) mass is 311 g/mol. The highest BCUT2D eigenvalue weighted by Crippen LogP contribution is 2.06. The summed E-state index contributed by atoms with van der Waals surface area (Å²) in [7, 11) is 0. The number of benzene rings is 2. The molecule has 0 aliphatic rings. The van der Waals surface area contributed by atoms with Crippen LogP contribution in [0.1, 0.15) is 17.5 Å². The van der Waals surface area contributed by atoms with E-state index in [1.165, 1.54) is 0 Å². The summed E-state index contributed by atoms with van der Waals surface area (Å²) in [5.74, 6) is 6.03. The lowest BCUT2D eigenvalue weighted by atomic mass is 10.2. The molecule has 112 valence electrons. The second-order valence-corrected chi connectivity index (χ2v) is 5.10. The van der Waals surface area contributed by atoms with Gasteiger partial charge in [0.25, 0.3) is 0 Å². The quantitative estimate of drug-likeness (QED) is 0.514. The molecule has 1 N–H and O–H groups in total. The molecule has 2 aromatic rings. The molecule has 0 heterocycles. The third-order valence-corrected chi connectivity index (χ3v) is 3.13. The molecule has 4 heteroatoms. The van der Waals surface area contributed by atoms with Gasteiger partial charge in [-0.15, -0.1) is 12.6 Å². The van der Waals surface area contributed by atoms with Crippen molar-refractivity contribution in [2.24, 2.45) is 0 Å². The van der Waals surface area contributed by atoms with Crippen LogP contribution in [-0.4, -0.2) is 12.6 Å². The largest absolute Gasteiger partial charge is 0.445 e. The molecule has 2 rings (SSSR count). The number of hydrogen-bond donors (Lipinski definition) is 2. The van der Waals surface area contributed by atoms with Gasteiger partial charge in [0.2, 0.25) is 0 Å². The lowest BCUT2D eigenvalue weighted by Crippen LogP contribution is -2.24. The Kier molecular flexibility index (Phi) is 6.40. The Balaban J connectivity index is 1.64. The lowest BCUT2D eigenvalue weighted by molar-refractivity contribution is 0.140. The van der Waals surface area contributed by atoms with Gasteiger partial charge in [0, 0.05) is 23.4 Å². The van der Waals surface area contributed by atoms with Crippen molar-refractivity contribution in [3.8, 4) is 11.8 Å². The normalized spacial score (nSPS) is 9.50. The summed E-state index contributed by atoms with van der Waals surface area (Å²) >= 11 is 4.22. The van der Waals surface area contributed by atoms with E-state index < -0.39 is 6.09 Å². The minimum atomic E-state index is -0.426. The second kappa shape index (κ2) is 8.81. The number of alkyl carbamates (subject to hydrolysis) is 1. The fourth-order valence-electron chi connectivity index (χ4n) is 1.71. The van der Waals surface area contributed by atoms with E-state index in [0.717, 1.165) is 16.0 Å². The molecular weight excluding hydrogens is 294 g/mol. The average molecular weight is 311 g/mol. The number of rotatable bonds is 4. The number of thiol groups is 1. The van der Waals surface area contributed by atoms with Crippen LogP contribution in [0.25, 0.3) is 0 Å². The minimum Gasteiger partial charge on any atom is -0.445 e. The molecule has 0 aromatic heterocycles. The van der Waals surface area contributed by atoms with Gasteiger partial charge < -0.3 is 10.1 Å².